The topological polar surface area (TPSA) is 121 Å². The zero-order valence-corrected chi connectivity index (χ0v) is 22.3. The summed E-state index contributed by atoms with van der Waals surface area (Å²) in [5, 5.41) is 14.2. The number of carbonyl (C=O) groups is 3. The third-order valence-corrected chi connectivity index (χ3v) is 6.80. The maximum Gasteiger partial charge on any atom is 0.308 e. The molecule has 1 aliphatic rings. The van der Waals surface area contributed by atoms with Crippen LogP contribution in [0.2, 0.25) is 0 Å². The van der Waals surface area contributed by atoms with Crippen molar-refractivity contribution in [2.45, 2.75) is 12.8 Å². The number of likely N-dealkylation sites (tertiary alicyclic amines) is 1. The fraction of sp³-hybridized carbons (Fsp3) is 0.226. The highest BCUT2D eigenvalue weighted by molar-refractivity contribution is 6.13. The number of hydrogen-bond acceptors (Lipinski definition) is 6. The highest BCUT2D eigenvalue weighted by Gasteiger charge is 2.27. The first-order chi connectivity index (χ1) is 19.3. The van der Waals surface area contributed by atoms with Gasteiger partial charge in [0.2, 0.25) is 0 Å². The molecular formula is C31H30N4O5. The Balaban J connectivity index is 1.44. The summed E-state index contributed by atoms with van der Waals surface area (Å²) in [6, 6.07) is 18.3. The molecule has 3 aromatic rings. The highest BCUT2D eigenvalue weighted by Crippen LogP contribution is 2.25. The molecule has 1 saturated heterocycles. The number of esters is 1. The SMILES string of the molecule is C#Cc1ccc(NC(=O)c2cc(OC)ccc2NC(=O)c2ccc(C(=N)N3CCC(C(=O)OC)CC3)cc2)cc1. The van der Waals surface area contributed by atoms with E-state index < -0.39 is 11.8 Å². The van der Waals surface area contributed by atoms with Crippen LogP contribution in [0.25, 0.3) is 0 Å². The zero-order valence-electron chi connectivity index (χ0n) is 22.3. The van der Waals surface area contributed by atoms with E-state index in [1.807, 2.05) is 4.90 Å². The summed E-state index contributed by atoms with van der Waals surface area (Å²) in [4.78, 5) is 39.9. The number of rotatable bonds is 7. The first-order valence-corrected chi connectivity index (χ1v) is 12.7. The van der Waals surface area contributed by atoms with Gasteiger partial charge in [-0.25, -0.2) is 0 Å². The second-order valence-electron chi connectivity index (χ2n) is 9.25. The monoisotopic (exact) mass is 538 g/mol. The summed E-state index contributed by atoms with van der Waals surface area (Å²) < 4.78 is 10.1. The molecule has 204 valence electrons. The van der Waals surface area contributed by atoms with Gasteiger partial charge in [0, 0.05) is 35.5 Å². The van der Waals surface area contributed by atoms with Gasteiger partial charge < -0.3 is 25.0 Å². The molecule has 0 radical (unpaired) electrons. The van der Waals surface area contributed by atoms with Crippen molar-refractivity contribution < 1.29 is 23.9 Å². The van der Waals surface area contributed by atoms with Crippen LogP contribution in [0.3, 0.4) is 0 Å². The third kappa shape index (κ3) is 6.48. The Morgan fingerprint density at radius 2 is 1.55 bits per heavy atom. The number of amides is 2. The van der Waals surface area contributed by atoms with Crippen LogP contribution in [0.5, 0.6) is 5.75 Å². The summed E-state index contributed by atoms with van der Waals surface area (Å²) >= 11 is 0. The molecule has 9 heteroatoms. The fourth-order valence-electron chi connectivity index (χ4n) is 4.46. The summed E-state index contributed by atoms with van der Waals surface area (Å²) in [5.74, 6) is 2.14. The fourth-order valence-corrected chi connectivity index (χ4v) is 4.46. The minimum absolute atomic E-state index is 0.140. The summed E-state index contributed by atoms with van der Waals surface area (Å²) in [5.41, 5.74) is 2.81. The summed E-state index contributed by atoms with van der Waals surface area (Å²) in [7, 11) is 2.88. The predicted molar refractivity (Wildman–Crippen MR) is 153 cm³/mol. The Bertz CT molecular complexity index is 1450. The number of carbonyl (C=O) groups excluding carboxylic acids is 3. The maximum atomic E-state index is 13.1. The van der Waals surface area contributed by atoms with Gasteiger partial charge in [-0.1, -0.05) is 18.1 Å². The number of nitrogens with one attached hydrogen (secondary N) is 3. The van der Waals surface area contributed by atoms with Crippen molar-refractivity contribution in [3.63, 3.8) is 0 Å². The first-order valence-electron chi connectivity index (χ1n) is 12.7. The molecule has 0 atom stereocenters. The minimum Gasteiger partial charge on any atom is -0.497 e. The summed E-state index contributed by atoms with van der Waals surface area (Å²) in [6.07, 6.45) is 6.65. The van der Waals surface area contributed by atoms with E-state index in [1.165, 1.54) is 14.2 Å². The molecule has 1 heterocycles. The normalized spacial score (nSPS) is 13.1. The largest absolute Gasteiger partial charge is 0.497 e. The Morgan fingerprint density at radius 3 is 2.15 bits per heavy atom. The third-order valence-electron chi connectivity index (χ3n) is 6.80. The van der Waals surface area contributed by atoms with Crippen LogP contribution in [-0.4, -0.2) is 55.8 Å². The molecule has 3 N–H and O–H groups in total. The van der Waals surface area contributed by atoms with E-state index in [9.17, 15) is 14.4 Å². The molecule has 9 nitrogen and oxygen atoms in total. The van der Waals surface area contributed by atoms with Crippen molar-refractivity contribution in [1.82, 2.24) is 4.90 Å². The van der Waals surface area contributed by atoms with Gasteiger partial charge in [0.15, 0.2) is 0 Å². The maximum absolute atomic E-state index is 13.1. The van der Waals surface area contributed by atoms with Crippen molar-refractivity contribution in [3.8, 4) is 18.1 Å². The standard InChI is InChI=1S/C31H30N4O5/c1-4-20-5-11-24(12-6-20)33-30(37)26-19-25(39-2)13-14-27(26)34-29(36)22-9-7-21(8-10-22)28(32)35-17-15-23(16-18-35)31(38)40-3/h1,5-14,19,23,32H,15-18H2,2-3H3,(H,33,37)(H,34,36). The lowest BCUT2D eigenvalue weighted by Crippen LogP contribution is -2.40. The second kappa shape index (κ2) is 12.6. The highest BCUT2D eigenvalue weighted by atomic mass is 16.5. The van der Waals surface area contributed by atoms with Gasteiger partial charge in [0.25, 0.3) is 11.8 Å². The van der Waals surface area contributed by atoms with E-state index in [2.05, 4.69) is 16.6 Å². The molecule has 0 bridgehead atoms. The van der Waals surface area contributed by atoms with E-state index in [0.717, 1.165) is 0 Å². The molecule has 1 aliphatic heterocycles. The Hall–Kier alpha value is -5.10. The molecular weight excluding hydrogens is 508 g/mol. The van der Waals surface area contributed by atoms with Gasteiger partial charge in [-0.15, -0.1) is 6.42 Å². The van der Waals surface area contributed by atoms with Gasteiger partial charge in [0.05, 0.1) is 31.4 Å². The van der Waals surface area contributed by atoms with Gasteiger partial charge >= 0.3 is 5.97 Å². The number of nitrogens with zero attached hydrogens (tertiary/aromatic N) is 1. The Morgan fingerprint density at radius 1 is 0.900 bits per heavy atom. The number of methoxy groups -OCH3 is 2. The van der Waals surface area contributed by atoms with Crippen LogP contribution in [0, 0.1) is 23.7 Å². The predicted octanol–water partition coefficient (Wildman–Crippen LogP) is 4.39. The quantitative estimate of drug-likeness (QED) is 0.178. The average molecular weight is 539 g/mol. The van der Waals surface area contributed by atoms with Crippen molar-refractivity contribution >= 4 is 35.0 Å². The van der Waals surface area contributed by atoms with E-state index in [0.29, 0.717) is 65.6 Å². The van der Waals surface area contributed by atoms with Crippen molar-refractivity contribution in [2.24, 2.45) is 5.92 Å². The van der Waals surface area contributed by atoms with Crippen molar-refractivity contribution in [1.29, 1.82) is 5.41 Å². The smallest absolute Gasteiger partial charge is 0.308 e. The Labute approximate surface area is 233 Å². The molecule has 3 aromatic carbocycles. The average Bonchev–Trinajstić information content (AvgIpc) is 3.00. The van der Waals surface area contributed by atoms with E-state index in [-0.39, 0.29) is 17.5 Å². The molecule has 0 saturated carbocycles. The first kappa shape index (κ1) is 27.9. The number of piperidine rings is 1. The lowest BCUT2D eigenvalue weighted by Gasteiger charge is -2.32. The van der Waals surface area contributed by atoms with Crippen LogP contribution < -0.4 is 15.4 Å². The molecule has 40 heavy (non-hydrogen) atoms. The van der Waals surface area contributed by atoms with Crippen LogP contribution >= 0.6 is 0 Å². The number of hydrogen-bond donors (Lipinski definition) is 3. The zero-order chi connectivity index (χ0) is 28.6. The Kier molecular flexibility index (Phi) is 8.82. The second-order valence-corrected chi connectivity index (χ2v) is 9.25. The minimum atomic E-state index is -0.428. The molecule has 0 unspecified atom stereocenters. The van der Waals surface area contributed by atoms with E-state index >= 15 is 0 Å². The molecule has 1 fully saturated rings. The van der Waals surface area contributed by atoms with Crippen LogP contribution in [-0.2, 0) is 9.53 Å². The van der Waals surface area contributed by atoms with Gasteiger partial charge in [-0.2, -0.15) is 0 Å². The van der Waals surface area contributed by atoms with Crippen molar-refractivity contribution in [2.75, 3.05) is 37.9 Å². The molecule has 0 aromatic heterocycles. The van der Waals surface area contributed by atoms with Gasteiger partial charge in [-0.05, 0) is 67.4 Å². The molecule has 0 spiro atoms. The number of ether oxygens (including phenoxy) is 2. The molecule has 2 amide bonds. The molecule has 0 aliphatic carbocycles. The molecule has 4 rings (SSSR count). The number of terminal acetylenes is 1. The van der Waals surface area contributed by atoms with Crippen LogP contribution in [0.15, 0.2) is 66.7 Å². The number of benzene rings is 3. The van der Waals surface area contributed by atoms with E-state index in [4.69, 9.17) is 21.3 Å². The van der Waals surface area contributed by atoms with Crippen LogP contribution in [0.4, 0.5) is 11.4 Å². The lowest BCUT2D eigenvalue weighted by molar-refractivity contribution is -0.146. The summed E-state index contributed by atoms with van der Waals surface area (Å²) in [6.45, 7) is 1.16. The van der Waals surface area contributed by atoms with Crippen LogP contribution in [0.1, 0.15) is 44.7 Å². The number of amidine groups is 1. The van der Waals surface area contributed by atoms with Gasteiger partial charge in [0.1, 0.15) is 11.6 Å². The van der Waals surface area contributed by atoms with Gasteiger partial charge in [-0.3, -0.25) is 19.8 Å². The number of anilines is 2. The lowest BCUT2D eigenvalue weighted by atomic mass is 9.96. The van der Waals surface area contributed by atoms with Crippen molar-refractivity contribution in [3.05, 3.63) is 89.0 Å². The van der Waals surface area contributed by atoms with E-state index in [1.54, 1.807) is 66.7 Å².